The van der Waals surface area contributed by atoms with Crippen molar-refractivity contribution in [3.8, 4) is 0 Å². The van der Waals surface area contributed by atoms with Crippen LogP contribution in [0.15, 0.2) is 18.2 Å². The van der Waals surface area contributed by atoms with Crippen molar-refractivity contribution in [3.63, 3.8) is 0 Å². The lowest BCUT2D eigenvalue weighted by atomic mass is 9.98. The molecule has 0 heterocycles. The molecule has 94 valence electrons. The lowest BCUT2D eigenvalue weighted by Gasteiger charge is -2.18. The normalized spacial score (nSPS) is 27.0. The molecule has 1 atom stereocenters. The lowest BCUT2D eigenvalue weighted by Crippen LogP contribution is -2.30. The van der Waals surface area contributed by atoms with Gasteiger partial charge < -0.3 is 5.73 Å². The SMILES string of the molecule is NC1(c2ccc(Cl)cc2C(F)(F)F)CC1(F)F. The minimum absolute atomic E-state index is 0.173. The molecule has 0 aliphatic heterocycles. The maximum absolute atomic E-state index is 13.0. The summed E-state index contributed by atoms with van der Waals surface area (Å²) in [7, 11) is 0. The first kappa shape index (κ1) is 12.6. The average molecular weight is 272 g/mol. The van der Waals surface area contributed by atoms with Gasteiger partial charge in [-0.05, 0) is 17.7 Å². The molecule has 2 N–H and O–H groups in total. The molecule has 17 heavy (non-hydrogen) atoms. The number of benzene rings is 1. The molecule has 0 spiro atoms. The minimum atomic E-state index is -4.76. The average Bonchev–Trinajstić information content (AvgIpc) is 2.65. The molecule has 1 saturated carbocycles. The molecule has 1 aliphatic carbocycles. The van der Waals surface area contributed by atoms with Gasteiger partial charge in [0.25, 0.3) is 5.92 Å². The van der Waals surface area contributed by atoms with E-state index in [2.05, 4.69) is 0 Å². The van der Waals surface area contributed by atoms with Crippen molar-refractivity contribution in [2.45, 2.75) is 24.1 Å². The first-order chi connectivity index (χ1) is 7.58. The van der Waals surface area contributed by atoms with Crippen LogP contribution in [0, 0.1) is 0 Å². The fraction of sp³-hybridized carbons (Fsp3) is 0.400. The van der Waals surface area contributed by atoms with Gasteiger partial charge in [-0.2, -0.15) is 13.2 Å². The molecule has 0 bridgehead atoms. The zero-order valence-corrected chi connectivity index (χ0v) is 9.04. The zero-order chi connectivity index (χ0) is 13.1. The van der Waals surface area contributed by atoms with E-state index >= 15 is 0 Å². The van der Waals surface area contributed by atoms with Gasteiger partial charge in [-0.25, -0.2) is 8.78 Å². The van der Waals surface area contributed by atoms with Crippen LogP contribution in [-0.2, 0) is 11.7 Å². The number of rotatable bonds is 1. The van der Waals surface area contributed by atoms with Crippen molar-refractivity contribution in [1.82, 2.24) is 0 Å². The Kier molecular flexibility index (Phi) is 2.46. The third-order valence-corrected chi connectivity index (χ3v) is 3.03. The van der Waals surface area contributed by atoms with Crippen molar-refractivity contribution in [2.24, 2.45) is 5.73 Å². The highest BCUT2D eigenvalue weighted by atomic mass is 35.5. The Hall–Kier alpha value is -0.880. The predicted molar refractivity (Wildman–Crippen MR) is 51.9 cm³/mol. The van der Waals surface area contributed by atoms with E-state index in [1.165, 1.54) is 0 Å². The molecular formula is C10H7ClF5N. The molecule has 1 fully saturated rings. The van der Waals surface area contributed by atoms with Gasteiger partial charge in [0, 0.05) is 11.4 Å². The third kappa shape index (κ3) is 1.89. The van der Waals surface area contributed by atoms with Crippen molar-refractivity contribution in [3.05, 3.63) is 34.3 Å². The summed E-state index contributed by atoms with van der Waals surface area (Å²) in [4.78, 5) is 0. The second kappa shape index (κ2) is 3.32. The van der Waals surface area contributed by atoms with E-state index < -0.39 is 35.2 Å². The van der Waals surface area contributed by atoms with E-state index in [4.69, 9.17) is 17.3 Å². The fourth-order valence-electron chi connectivity index (χ4n) is 1.74. The molecule has 1 unspecified atom stereocenters. The Morgan fingerprint density at radius 1 is 1.24 bits per heavy atom. The van der Waals surface area contributed by atoms with Gasteiger partial charge in [0.1, 0.15) is 5.54 Å². The molecule has 1 aromatic rings. The first-order valence-corrected chi connectivity index (χ1v) is 5.00. The van der Waals surface area contributed by atoms with E-state index in [-0.39, 0.29) is 5.02 Å². The second-order valence-corrected chi connectivity index (χ2v) is 4.48. The maximum Gasteiger partial charge on any atom is 0.416 e. The van der Waals surface area contributed by atoms with Gasteiger partial charge in [0.05, 0.1) is 5.56 Å². The summed E-state index contributed by atoms with van der Waals surface area (Å²) in [6.07, 6.45) is -5.55. The van der Waals surface area contributed by atoms with Crippen molar-refractivity contribution in [1.29, 1.82) is 0 Å². The number of halogens is 6. The molecule has 0 aromatic heterocycles. The van der Waals surface area contributed by atoms with Gasteiger partial charge in [-0.15, -0.1) is 0 Å². The minimum Gasteiger partial charge on any atom is -0.316 e. The summed E-state index contributed by atoms with van der Waals surface area (Å²) in [5.41, 5.74) is 1.25. The van der Waals surface area contributed by atoms with Crippen molar-refractivity contribution in [2.75, 3.05) is 0 Å². The molecular weight excluding hydrogens is 265 g/mol. The highest BCUT2D eigenvalue weighted by molar-refractivity contribution is 6.30. The Morgan fingerprint density at radius 2 is 1.76 bits per heavy atom. The second-order valence-electron chi connectivity index (χ2n) is 4.04. The molecule has 7 heteroatoms. The zero-order valence-electron chi connectivity index (χ0n) is 8.28. The van der Waals surface area contributed by atoms with Crippen LogP contribution in [0.1, 0.15) is 17.5 Å². The fourth-order valence-corrected chi connectivity index (χ4v) is 1.91. The Balaban J connectivity index is 2.57. The lowest BCUT2D eigenvalue weighted by molar-refractivity contribution is -0.138. The Bertz CT molecular complexity index is 470. The largest absolute Gasteiger partial charge is 0.416 e. The van der Waals surface area contributed by atoms with Crippen LogP contribution in [0.2, 0.25) is 5.02 Å². The standard InChI is InChI=1S/C10H7ClF5N/c11-5-1-2-6(7(3-5)10(14,15)16)8(17)4-9(8,12)13/h1-3H,4,17H2. The maximum atomic E-state index is 13.0. The number of nitrogens with two attached hydrogens (primary N) is 1. The van der Waals surface area contributed by atoms with Gasteiger partial charge in [-0.3, -0.25) is 0 Å². The number of alkyl halides is 5. The summed E-state index contributed by atoms with van der Waals surface area (Å²) in [5.74, 6) is -3.30. The summed E-state index contributed by atoms with van der Waals surface area (Å²) in [5, 5.41) is -0.173. The van der Waals surface area contributed by atoms with Crippen LogP contribution in [0.3, 0.4) is 0 Å². The monoisotopic (exact) mass is 271 g/mol. The summed E-state index contributed by atoms with van der Waals surface area (Å²) >= 11 is 5.44. The van der Waals surface area contributed by atoms with E-state index in [1.807, 2.05) is 0 Å². The highest BCUT2D eigenvalue weighted by Crippen LogP contribution is 2.59. The van der Waals surface area contributed by atoms with Gasteiger partial charge in [-0.1, -0.05) is 17.7 Å². The van der Waals surface area contributed by atoms with E-state index in [1.54, 1.807) is 0 Å². The van der Waals surface area contributed by atoms with Crippen LogP contribution >= 0.6 is 11.6 Å². The Morgan fingerprint density at radius 3 is 2.18 bits per heavy atom. The summed E-state index contributed by atoms with van der Waals surface area (Å²) < 4.78 is 64.1. The van der Waals surface area contributed by atoms with Gasteiger partial charge in [0.2, 0.25) is 0 Å². The molecule has 2 rings (SSSR count). The quantitative estimate of drug-likeness (QED) is 0.777. The predicted octanol–water partition coefficient (Wildman–Crippen LogP) is 3.55. The first-order valence-electron chi connectivity index (χ1n) is 4.62. The van der Waals surface area contributed by atoms with Gasteiger partial charge >= 0.3 is 6.18 Å². The Labute approximate surface area is 98.4 Å². The van der Waals surface area contributed by atoms with Gasteiger partial charge in [0.15, 0.2) is 0 Å². The highest BCUT2D eigenvalue weighted by Gasteiger charge is 2.71. The molecule has 1 aromatic carbocycles. The molecule has 1 nitrogen and oxygen atoms in total. The molecule has 0 radical (unpaired) electrons. The van der Waals surface area contributed by atoms with E-state index in [0.717, 1.165) is 12.1 Å². The summed E-state index contributed by atoms with van der Waals surface area (Å²) in [6, 6.07) is 2.64. The third-order valence-electron chi connectivity index (χ3n) is 2.80. The van der Waals surface area contributed by atoms with Crippen LogP contribution < -0.4 is 5.73 Å². The van der Waals surface area contributed by atoms with E-state index in [0.29, 0.717) is 6.07 Å². The molecule has 0 amide bonds. The van der Waals surface area contributed by atoms with E-state index in [9.17, 15) is 22.0 Å². The smallest absolute Gasteiger partial charge is 0.316 e. The molecule has 1 aliphatic rings. The topological polar surface area (TPSA) is 26.0 Å². The van der Waals surface area contributed by atoms with Crippen LogP contribution in [0.25, 0.3) is 0 Å². The number of hydrogen-bond acceptors (Lipinski definition) is 1. The summed E-state index contributed by atoms with van der Waals surface area (Å²) in [6.45, 7) is 0. The van der Waals surface area contributed by atoms with Crippen molar-refractivity contribution >= 4 is 11.6 Å². The van der Waals surface area contributed by atoms with Crippen LogP contribution in [-0.4, -0.2) is 5.92 Å². The van der Waals surface area contributed by atoms with Crippen LogP contribution in [0.5, 0.6) is 0 Å². The van der Waals surface area contributed by atoms with Crippen molar-refractivity contribution < 1.29 is 22.0 Å². The molecule has 0 saturated heterocycles. The van der Waals surface area contributed by atoms with Crippen LogP contribution in [0.4, 0.5) is 22.0 Å². The number of hydrogen-bond donors (Lipinski definition) is 1.